The molecule has 0 bridgehead atoms. The molecule has 0 fully saturated rings. The van der Waals surface area contributed by atoms with Crippen molar-refractivity contribution in [3.05, 3.63) is 5.21 Å². The minimum Gasteiger partial charge on any atom is -0.632 e. The molecule has 0 aromatic carbocycles. The van der Waals surface area contributed by atoms with Crippen molar-refractivity contribution < 1.29 is 4.65 Å². The van der Waals surface area contributed by atoms with E-state index < -0.39 is 0 Å². The Kier molecular flexibility index (Phi) is 21.4. The van der Waals surface area contributed by atoms with E-state index in [0.717, 1.165) is 19.3 Å². The second-order valence-electron chi connectivity index (χ2n) is 11.0. The SMILES string of the molecule is CCCCCCCCC(C)[N+]([O-])(C(C)CCCCCCCC)C(C)CCCCCCCC. The molecule has 0 amide bonds. The number of hydrogen-bond acceptors (Lipinski definition) is 1. The number of hydrogen-bond donors (Lipinski definition) is 0. The largest absolute Gasteiger partial charge is 0.632 e. The van der Waals surface area contributed by atoms with Crippen LogP contribution in [0.15, 0.2) is 0 Å². The van der Waals surface area contributed by atoms with Crippen molar-refractivity contribution >= 4 is 0 Å². The van der Waals surface area contributed by atoms with Crippen LogP contribution in [0, 0.1) is 5.21 Å². The third-order valence-corrected chi connectivity index (χ3v) is 7.99. The average molecular weight is 454 g/mol. The van der Waals surface area contributed by atoms with Crippen molar-refractivity contribution in [2.75, 3.05) is 0 Å². The summed E-state index contributed by atoms with van der Waals surface area (Å²) >= 11 is 0. The highest BCUT2D eigenvalue weighted by molar-refractivity contribution is 4.69. The minimum absolute atomic E-state index is 0.0683. The summed E-state index contributed by atoms with van der Waals surface area (Å²) in [5.41, 5.74) is 0. The summed E-state index contributed by atoms with van der Waals surface area (Å²) in [6.45, 7) is 13.7. The minimum atomic E-state index is 0.0683. The third-order valence-electron chi connectivity index (χ3n) is 7.99. The van der Waals surface area contributed by atoms with E-state index in [0.29, 0.717) is 0 Å². The molecule has 2 nitrogen and oxygen atoms in total. The highest BCUT2D eigenvalue weighted by Crippen LogP contribution is 2.31. The molecule has 32 heavy (non-hydrogen) atoms. The molecular formula is C30H63NO. The van der Waals surface area contributed by atoms with Crippen LogP contribution in [0.1, 0.15) is 176 Å². The predicted molar refractivity (Wildman–Crippen MR) is 146 cm³/mol. The van der Waals surface area contributed by atoms with Crippen molar-refractivity contribution in [2.45, 2.75) is 195 Å². The van der Waals surface area contributed by atoms with E-state index >= 15 is 0 Å². The van der Waals surface area contributed by atoms with Gasteiger partial charge >= 0.3 is 0 Å². The lowest BCUT2D eigenvalue weighted by Gasteiger charge is -2.56. The summed E-state index contributed by atoms with van der Waals surface area (Å²) in [4.78, 5) is 0. The normalized spacial score (nSPS) is 16.6. The molecule has 0 radical (unpaired) electrons. The van der Waals surface area contributed by atoms with Crippen LogP contribution in [0.25, 0.3) is 0 Å². The summed E-state index contributed by atoms with van der Waals surface area (Å²) in [5.74, 6) is 0. The summed E-state index contributed by atoms with van der Waals surface area (Å²) < 4.78 is 0.0683. The van der Waals surface area contributed by atoms with Crippen LogP contribution in [-0.2, 0) is 0 Å². The smallest absolute Gasteiger partial charge is 0.0862 e. The molecule has 194 valence electrons. The van der Waals surface area contributed by atoms with Crippen molar-refractivity contribution in [1.82, 2.24) is 0 Å². The summed E-state index contributed by atoms with van der Waals surface area (Å²) in [7, 11) is 0. The van der Waals surface area contributed by atoms with Gasteiger partial charge in [0.15, 0.2) is 0 Å². The standard InChI is InChI=1S/C30H63NO/c1-7-10-13-16-19-22-25-28(4)31(32,29(5)26-23-20-17-14-11-8-2)30(6)27-24-21-18-15-12-9-3/h28-30H,7-27H2,1-6H3. The first-order valence-corrected chi connectivity index (χ1v) is 15.0. The average Bonchev–Trinajstić information content (AvgIpc) is 2.79. The molecule has 0 saturated heterocycles. The molecule has 0 aromatic rings. The lowest BCUT2D eigenvalue weighted by atomic mass is 9.96. The molecule has 0 aliphatic rings. The van der Waals surface area contributed by atoms with Gasteiger partial charge in [0.2, 0.25) is 0 Å². The number of hydroxylamine groups is 3. The van der Waals surface area contributed by atoms with Crippen molar-refractivity contribution in [2.24, 2.45) is 0 Å². The van der Waals surface area contributed by atoms with Crippen molar-refractivity contribution in [3.8, 4) is 0 Å². The van der Waals surface area contributed by atoms with Gasteiger partial charge in [-0.1, -0.05) is 117 Å². The van der Waals surface area contributed by atoms with E-state index in [1.54, 1.807) is 0 Å². The zero-order valence-electron chi connectivity index (χ0n) is 23.4. The number of rotatable bonds is 24. The van der Waals surface area contributed by atoms with Gasteiger partial charge in [-0.2, -0.15) is 0 Å². The molecule has 0 aromatic heterocycles. The monoisotopic (exact) mass is 453 g/mol. The van der Waals surface area contributed by atoms with E-state index in [-0.39, 0.29) is 22.8 Å². The Bertz CT molecular complexity index is 328. The zero-order valence-corrected chi connectivity index (χ0v) is 23.4. The maximum absolute atomic E-state index is 14.4. The molecule has 0 heterocycles. The molecule has 0 aliphatic heterocycles. The Labute approximate surface area is 204 Å². The van der Waals surface area contributed by atoms with E-state index in [1.165, 1.54) is 116 Å². The number of unbranched alkanes of at least 4 members (excludes halogenated alkanes) is 15. The van der Waals surface area contributed by atoms with Crippen molar-refractivity contribution in [3.63, 3.8) is 0 Å². The molecule has 3 unspecified atom stereocenters. The van der Waals surface area contributed by atoms with E-state index in [9.17, 15) is 5.21 Å². The van der Waals surface area contributed by atoms with Crippen LogP contribution >= 0.6 is 0 Å². The number of quaternary nitrogens is 1. The molecule has 2 heteroatoms. The van der Waals surface area contributed by atoms with E-state index in [1.807, 2.05) is 0 Å². The maximum Gasteiger partial charge on any atom is 0.0862 e. The van der Waals surface area contributed by atoms with Gasteiger partial charge in [0.05, 0.1) is 18.1 Å². The molecule has 0 N–H and O–H groups in total. The fraction of sp³-hybridized carbons (Fsp3) is 1.00. The van der Waals surface area contributed by atoms with Gasteiger partial charge in [0.25, 0.3) is 0 Å². The highest BCUT2D eigenvalue weighted by atomic mass is 16.6. The Morgan fingerprint density at radius 3 is 0.875 bits per heavy atom. The van der Waals surface area contributed by atoms with Crippen LogP contribution in [0.2, 0.25) is 0 Å². The first-order valence-electron chi connectivity index (χ1n) is 15.0. The van der Waals surface area contributed by atoms with Crippen LogP contribution in [-0.4, -0.2) is 22.8 Å². The Morgan fingerprint density at radius 2 is 0.625 bits per heavy atom. The van der Waals surface area contributed by atoms with Crippen LogP contribution in [0.3, 0.4) is 0 Å². The first kappa shape index (κ1) is 31.9. The first-order chi connectivity index (χ1) is 15.4. The topological polar surface area (TPSA) is 23.1 Å². The Balaban J connectivity index is 4.71. The van der Waals surface area contributed by atoms with Gasteiger partial charge in [0, 0.05) is 0 Å². The summed E-state index contributed by atoms with van der Waals surface area (Å²) in [5, 5.41) is 14.4. The van der Waals surface area contributed by atoms with Gasteiger partial charge in [-0.05, 0) is 59.3 Å². The zero-order chi connectivity index (χ0) is 24.1. The van der Waals surface area contributed by atoms with Crippen LogP contribution < -0.4 is 0 Å². The molecular weight excluding hydrogens is 390 g/mol. The maximum atomic E-state index is 14.4. The molecule has 0 rings (SSSR count). The summed E-state index contributed by atoms with van der Waals surface area (Å²) in [6.07, 6.45) is 27.1. The summed E-state index contributed by atoms with van der Waals surface area (Å²) in [6, 6.07) is 0.726. The van der Waals surface area contributed by atoms with Crippen molar-refractivity contribution in [1.29, 1.82) is 0 Å². The quantitative estimate of drug-likeness (QED) is 0.0809. The molecule has 0 aliphatic carbocycles. The van der Waals surface area contributed by atoms with Gasteiger partial charge < -0.3 is 9.85 Å². The lowest BCUT2D eigenvalue weighted by molar-refractivity contribution is -0.947. The second-order valence-corrected chi connectivity index (χ2v) is 11.0. The predicted octanol–water partition coefficient (Wildman–Crippen LogP) is 10.7. The van der Waals surface area contributed by atoms with Gasteiger partial charge in [0.1, 0.15) is 0 Å². The number of nitrogens with zero attached hydrogens (tertiary/aromatic N) is 1. The fourth-order valence-corrected chi connectivity index (χ4v) is 5.57. The third kappa shape index (κ3) is 14.2. The van der Waals surface area contributed by atoms with Gasteiger partial charge in [-0.25, -0.2) is 0 Å². The molecule has 0 saturated carbocycles. The molecule has 3 atom stereocenters. The van der Waals surface area contributed by atoms with E-state index in [4.69, 9.17) is 0 Å². The Hall–Kier alpha value is -0.0800. The Morgan fingerprint density at radius 1 is 0.406 bits per heavy atom. The van der Waals surface area contributed by atoms with Gasteiger partial charge in [-0.3, -0.25) is 0 Å². The van der Waals surface area contributed by atoms with E-state index in [2.05, 4.69) is 41.5 Å². The molecule has 0 spiro atoms. The second kappa shape index (κ2) is 21.5. The fourth-order valence-electron chi connectivity index (χ4n) is 5.57. The van der Waals surface area contributed by atoms with Crippen LogP contribution in [0.5, 0.6) is 0 Å². The highest BCUT2D eigenvalue weighted by Gasteiger charge is 2.35. The lowest BCUT2D eigenvalue weighted by Crippen LogP contribution is -2.60. The van der Waals surface area contributed by atoms with Gasteiger partial charge in [-0.15, -0.1) is 0 Å². The van der Waals surface area contributed by atoms with Crippen LogP contribution in [0.4, 0.5) is 0 Å².